The highest BCUT2D eigenvalue weighted by molar-refractivity contribution is 5.51. The molecule has 0 amide bonds. The highest BCUT2D eigenvalue weighted by Gasteiger charge is 2.01. The Hall–Kier alpha value is -2.69. The SMILES string of the molecule is Cc1cc(CNc2cccc(-n3cnnc3)c2)ccc1F. The standard InChI is InChI=1S/C16H15FN4/c1-12-7-13(5-6-16(12)17)9-18-14-3-2-4-15(8-14)21-10-19-20-11-21/h2-8,10-11,18H,9H2,1H3. The highest BCUT2D eigenvalue weighted by atomic mass is 19.1. The van der Waals surface area contributed by atoms with Crippen LogP contribution in [0.3, 0.4) is 0 Å². The largest absolute Gasteiger partial charge is 0.381 e. The van der Waals surface area contributed by atoms with Crippen LogP contribution in [0.2, 0.25) is 0 Å². The molecule has 3 aromatic rings. The van der Waals surface area contributed by atoms with E-state index in [1.807, 2.05) is 34.9 Å². The van der Waals surface area contributed by atoms with E-state index in [0.29, 0.717) is 12.1 Å². The lowest BCUT2D eigenvalue weighted by Gasteiger charge is -2.09. The summed E-state index contributed by atoms with van der Waals surface area (Å²) >= 11 is 0. The molecule has 0 unspecified atom stereocenters. The van der Waals surface area contributed by atoms with Crippen LogP contribution < -0.4 is 5.32 Å². The van der Waals surface area contributed by atoms with Gasteiger partial charge in [0, 0.05) is 12.2 Å². The molecule has 3 rings (SSSR count). The second-order valence-electron chi connectivity index (χ2n) is 4.86. The van der Waals surface area contributed by atoms with Crippen LogP contribution in [0.5, 0.6) is 0 Å². The number of nitrogens with one attached hydrogen (secondary N) is 1. The third-order valence-electron chi connectivity index (χ3n) is 3.28. The van der Waals surface area contributed by atoms with Gasteiger partial charge in [0.15, 0.2) is 0 Å². The molecule has 0 saturated heterocycles. The number of anilines is 1. The molecule has 0 fully saturated rings. The molecule has 1 heterocycles. The van der Waals surface area contributed by atoms with Crippen LogP contribution in [0.1, 0.15) is 11.1 Å². The molecule has 106 valence electrons. The van der Waals surface area contributed by atoms with Crippen molar-refractivity contribution >= 4 is 5.69 Å². The number of halogens is 1. The number of hydrogen-bond donors (Lipinski definition) is 1. The Morgan fingerprint density at radius 2 is 1.90 bits per heavy atom. The van der Waals surface area contributed by atoms with E-state index in [-0.39, 0.29) is 5.82 Å². The fraction of sp³-hybridized carbons (Fsp3) is 0.125. The molecular weight excluding hydrogens is 267 g/mol. The minimum absolute atomic E-state index is 0.173. The van der Waals surface area contributed by atoms with Gasteiger partial charge in [0.2, 0.25) is 0 Å². The van der Waals surface area contributed by atoms with E-state index in [1.54, 1.807) is 25.6 Å². The maximum atomic E-state index is 13.2. The number of rotatable bonds is 4. The zero-order valence-electron chi connectivity index (χ0n) is 11.6. The molecule has 1 N–H and O–H groups in total. The average Bonchev–Trinajstić information content (AvgIpc) is 3.03. The predicted molar refractivity (Wildman–Crippen MR) is 79.8 cm³/mol. The van der Waals surface area contributed by atoms with Gasteiger partial charge in [0.25, 0.3) is 0 Å². The Labute approximate surface area is 122 Å². The number of aryl methyl sites for hydroxylation is 1. The second kappa shape index (κ2) is 5.75. The minimum atomic E-state index is -0.173. The van der Waals surface area contributed by atoms with Gasteiger partial charge in [-0.15, -0.1) is 10.2 Å². The lowest BCUT2D eigenvalue weighted by atomic mass is 10.1. The van der Waals surface area contributed by atoms with Crippen molar-refractivity contribution in [3.63, 3.8) is 0 Å². The van der Waals surface area contributed by atoms with E-state index in [2.05, 4.69) is 15.5 Å². The summed E-state index contributed by atoms with van der Waals surface area (Å²) in [7, 11) is 0. The van der Waals surface area contributed by atoms with Crippen LogP contribution in [-0.4, -0.2) is 14.8 Å². The van der Waals surface area contributed by atoms with Gasteiger partial charge in [-0.1, -0.05) is 18.2 Å². The Kier molecular flexibility index (Phi) is 3.64. The molecule has 0 aliphatic carbocycles. The zero-order chi connectivity index (χ0) is 14.7. The molecule has 0 saturated carbocycles. The van der Waals surface area contributed by atoms with Crippen molar-refractivity contribution < 1.29 is 4.39 Å². The maximum absolute atomic E-state index is 13.2. The average molecular weight is 282 g/mol. The quantitative estimate of drug-likeness (QED) is 0.798. The van der Waals surface area contributed by atoms with Gasteiger partial charge in [0.1, 0.15) is 18.5 Å². The van der Waals surface area contributed by atoms with Crippen molar-refractivity contribution in [2.45, 2.75) is 13.5 Å². The lowest BCUT2D eigenvalue weighted by molar-refractivity contribution is 0.617. The third-order valence-corrected chi connectivity index (χ3v) is 3.28. The summed E-state index contributed by atoms with van der Waals surface area (Å²) < 4.78 is 15.1. The van der Waals surface area contributed by atoms with Crippen LogP contribution in [-0.2, 0) is 6.54 Å². The molecule has 4 nitrogen and oxygen atoms in total. The van der Waals surface area contributed by atoms with Gasteiger partial charge in [-0.05, 0) is 42.3 Å². The van der Waals surface area contributed by atoms with Crippen molar-refractivity contribution in [2.24, 2.45) is 0 Å². The molecule has 0 aliphatic heterocycles. The van der Waals surface area contributed by atoms with Gasteiger partial charge in [-0.25, -0.2) is 4.39 Å². The normalized spacial score (nSPS) is 10.6. The van der Waals surface area contributed by atoms with Crippen LogP contribution in [0, 0.1) is 12.7 Å². The molecule has 0 aliphatic rings. The van der Waals surface area contributed by atoms with E-state index in [0.717, 1.165) is 16.9 Å². The van der Waals surface area contributed by atoms with Crippen molar-refractivity contribution in [2.75, 3.05) is 5.32 Å². The zero-order valence-corrected chi connectivity index (χ0v) is 11.6. The Balaban J connectivity index is 1.73. The summed E-state index contributed by atoms with van der Waals surface area (Å²) in [5, 5.41) is 10.9. The fourth-order valence-corrected chi connectivity index (χ4v) is 2.13. The smallest absolute Gasteiger partial charge is 0.126 e. The molecule has 21 heavy (non-hydrogen) atoms. The molecule has 0 atom stereocenters. The van der Waals surface area contributed by atoms with E-state index < -0.39 is 0 Å². The Morgan fingerprint density at radius 1 is 1.10 bits per heavy atom. The maximum Gasteiger partial charge on any atom is 0.126 e. The molecule has 2 aromatic carbocycles. The van der Waals surface area contributed by atoms with Gasteiger partial charge in [0.05, 0.1) is 5.69 Å². The van der Waals surface area contributed by atoms with Crippen LogP contribution in [0.15, 0.2) is 55.1 Å². The number of nitrogens with zero attached hydrogens (tertiary/aromatic N) is 3. The lowest BCUT2D eigenvalue weighted by Crippen LogP contribution is -2.01. The monoisotopic (exact) mass is 282 g/mol. The van der Waals surface area contributed by atoms with E-state index >= 15 is 0 Å². The van der Waals surface area contributed by atoms with Crippen molar-refractivity contribution in [3.05, 3.63) is 72.1 Å². The van der Waals surface area contributed by atoms with Crippen LogP contribution >= 0.6 is 0 Å². The molecule has 5 heteroatoms. The Bertz CT molecular complexity index is 738. The van der Waals surface area contributed by atoms with E-state index in [1.165, 1.54) is 6.07 Å². The number of hydrogen-bond acceptors (Lipinski definition) is 3. The summed E-state index contributed by atoms with van der Waals surface area (Å²) in [5.74, 6) is -0.173. The summed E-state index contributed by atoms with van der Waals surface area (Å²) in [6, 6.07) is 13.1. The van der Waals surface area contributed by atoms with Crippen molar-refractivity contribution in [1.82, 2.24) is 14.8 Å². The summed E-state index contributed by atoms with van der Waals surface area (Å²) in [5.41, 5.74) is 3.68. The summed E-state index contributed by atoms with van der Waals surface area (Å²) in [4.78, 5) is 0. The van der Waals surface area contributed by atoms with Crippen molar-refractivity contribution in [3.8, 4) is 5.69 Å². The minimum Gasteiger partial charge on any atom is -0.381 e. The Morgan fingerprint density at radius 3 is 2.67 bits per heavy atom. The van der Waals surface area contributed by atoms with Gasteiger partial charge in [-0.2, -0.15) is 0 Å². The molecular formula is C16H15FN4. The van der Waals surface area contributed by atoms with E-state index in [4.69, 9.17) is 0 Å². The molecule has 0 spiro atoms. The van der Waals surface area contributed by atoms with Gasteiger partial charge in [-0.3, -0.25) is 4.57 Å². The predicted octanol–water partition coefficient (Wildman–Crippen LogP) is 3.33. The first-order chi connectivity index (χ1) is 10.2. The molecule has 1 aromatic heterocycles. The van der Waals surface area contributed by atoms with E-state index in [9.17, 15) is 4.39 Å². The summed E-state index contributed by atoms with van der Waals surface area (Å²) in [6.07, 6.45) is 3.31. The fourth-order valence-electron chi connectivity index (χ4n) is 2.13. The third kappa shape index (κ3) is 3.08. The van der Waals surface area contributed by atoms with Gasteiger partial charge < -0.3 is 5.32 Å². The second-order valence-corrected chi connectivity index (χ2v) is 4.86. The molecule has 0 bridgehead atoms. The number of aromatic nitrogens is 3. The number of benzene rings is 2. The first kappa shape index (κ1) is 13.3. The first-order valence-corrected chi connectivity index (χ1v) is 6.66. The first-order valence-electron chi connectivity index (χ1n) is 6.66. The van der Waals surface area contributed by atoms with Crippen LogP contribution in [0.25, 0.3) is 5.69 Å². The topological polar surface area (TPSA) is 42.7 Å². The van der Waals surface area contributed by atoms with Gasteiger partial charge >= 0.3 is 0 Å². The summed E-state index contributed by atoms with van der Waals surface area (Å²) in [6.45, 7) is 2.41. The van der Waals surface area contributed by atoms with Crippen molar-refractivity contribution in [1.29, 1.82) is 0 Å². The molecule has 0 radical (unpaired) electrons. The highest BCUT2D eigenvalue weighted by Crippen LogP contribution is 2.16. The van der Waals surface area contributed by atoms with Crippen LogP contribution in [0.4, 0.5) is 10.1 Å².